The Labute approximate surface area is 194 Å². The van der Waals surface area contributed by atoms with Crippen LogP contribution in [0.5, 0.6) is 17.2 Å². The minimum Gasteiger partial charge on any atom is -0.494 e. The summed E-state index contributed by atoms with van der Waals surface area (Å²) in [5.74, 6) is 0.554. The van der Waals surface area contributed by atoms with Crippen molar-refractivity contribution >= 4 is 21.9 Å². The van der Waals surface area contributed by atoms with Crippen LogP contribution in [0, 0.1) is 11.3 Å². The fourth-order valence-electron chi connectivity index (χ4n) is 3.55. The zero-order chi connectivity index (χ0) is 22.7. The van der Waals surface area contributed by atoms with Gasteiger partial charge in [0.05, 0.1) is 18.1 Å². The standard InChI is InChI=1S/C25H19BrN2O4/c1-2-30-18-8-6-15(7-9-18)25(29)31-19-10-11-20-22(13-19)32-24(28)21(14-27)23(20)16-4-3-5-17(26)12-16/h3-13,23H,2,28H2,1H3. The van der Waals surface area contributed by atoms with E-state index in [4.69, 9.17) is 19.9 Å². The molecule has 2 N–H and O–H groups in total. The molecule has 160 valence electrons. The maximum absolute atomic E-state index is 12.6. The van der Waals surface area contributed by atoms with E-state index in [1.807, 2.05) is 31.2 Å². The molecule has 0 amide bonds. The summed E-state index contributed by atoms with van der Waals surface area (Å²) in [5.41, 5.74) is 8.43. The predicted octanol–water partition coefficient (Wildman–Crippen LogP) is 5.29. The third kappa shape index (κ3) is 4.32. The molecule has 1 atom stereocenters. The van der Waals surface area contributed by atoms with Crippen molar-refractivity contribution in [1.29, 1.82) is 5.26 Å². The smallest absolute Gasteiger partial charge is 0.343 e. The van der Waals surface area contributed by atoms with Crippen molar-refractivity contribution in [3.63, 3.8) is 0 Å². The number of benzene rings is 3. The molecule has 1 heterocycles. The van der Waals surface area contributed by atoms with E-state index in [1.165, 1.54) is 0 Å². The van der Waals surface area contributed by atoms with Gasteiger partial charge in [-0.3, -0.25) is 0 Å². The van der Waals surface area contributed by atoms with Crippen molar-refractivity contribution in [2.45, 2.75) is 12.8 Å². The van der Waals surface area contributed by atoms with Crippen LogP contribution < -0.4 is 19.9 Å². The second-order valence-corrected chi connectivity index (χ2v) is 7.94. The van der Waals surface area contributed by atoms with Gasteiger partial charge in [-0.15, -0.1) is 0 Å². The monoisotopic (exact) mass is 490 g/mol. The number of hydrogen-bond acceptors (Lipinski definition) is 6. The van der Waals surface area contributed by atoms with E-state index in [1.54, 1.807) is 42.5 Å². The van der Waals surface area contributed by atoms with E-state index < -0.39 is 11.9 Å². The van der Waals surface area contributed by atoms with E-state index in [-0.39, 0.29) is 5.88 Å². The summed E-state index contributed by atoms with van der Waals surface area (Å²) in [7, 11) is 0. The van der Waals surface area contributed by atoms with Crippen LogP contribution >= 0.6 is 15.9 Å². The molecule has 0 aliphatic carbocycles. The number of ether oxygens (including phenoxy) is 3. The van der Waals surface area contributed by atoms with Gasteiger partial charge in [0.15, 0.2) is 0 Å². The van der Waals surface area contributed by atoms with Gasteiger partial charge in [0.1, 0.15) is 28.9 Å². The first-order valence-corrected chi connectivity index (χ1v) is 10.7. The highest BCUT2D eigenvalue weighted by Crippen LogP contribution is 2.43. The molecule has 3 aromatic carbocycles. The number of fused-ring (bicyclic) bond motifs is 1. The zero-order valence-electron chi connectivity index (χ0n) is 17.2. The van der Waals surface area contributed by atoms with Crippen molar-refractivity contribution in [3.8, 4) is 23.3 Å². The second-order valence-electron chi connectivity index (χ2n) is 7.03. The first-order valence-electron chi connectivity index (χ1n) is 9.92. The highest BCUT2D eigenvalue weighted by atomic mass is 79.9. The Morgan fingerprint density at radius 1 is 1.12 bits per heavy atom. The molecule has 4 rings (SSSR count). The minimum absolute atomic E-state index is 0.0277. The molecule has 0 saturated heterocycles. The first-order chi connectivity index (χ1) is 15.5. The first kappa shape index (κ1) is 21.5. The van der Waals surface area contributed by atoms with Crippen LogP contribution in [0.2, 0.25) is 0 Å². The summed E-state index contributed by atoms with van der Waals surface area (Å²) in [6.07, 6.45) is 0. The highest BCUT2D eigenvalue weighted by molar-refractivity contribution is 9.10. The Morgan fingerprint density at radius 2 is 1.88 bits per heavy atom. The van der Waals surface area contributed by atoms with Crippen LogP contribution in [0.1, 0.15) is 34.3 Å². The lowest BCUT2D eigenvalue weighted by Gasteiger charge is -2.26. The van der Waals surface area contributed by atoms with Gasteiger partial charge >= 0.3 is 5.97 Å². The van der Waals surface area contributed by atoms with Gasteiger partial charge in [-0.2, -0.15) is 5.26 Å². The number of carbonyl (C=O) groups excluding carboxylic acids is 1. The van der Waals surface area contributed by atoms with Crippen molar-refractivity contribution in [3.05, 3.63) is 99.3 Å². The summed E-state index contributed by atoms with van der Waals surface area (Å²) in [5, 5.41) is 9.68. The molecular weight excluding hydrogens is 472 g/mol. The highest BCUT2D eigenvalue weighted by Gasteiger charge is 2.31. The number of rotatable bonds is 5. The van der Waals surface area contributed by atoms with Crippen molar-refractivity contribution in [2.24, 2.45) is 5.73 Å². The Morgan fingerprint density at radius 3 is 2.56 bits per heavy atom. The number of nitrogens with zero attached hydrogens (tertiary/aromatic N) is 1. The molecule has 3 aromatic rings. The lowest BCUT2D eigenvalue weighted by molar-refractivity contribution is 0.0734. The van der Waals surface area contributed by atoms with Gasteiger partial charge in [-0.1, -0.05) is 34.1 Å². The van der Waals surface area contributed by atoms with Crippen molar-refractivity contribution in [1.82, 2.24) is 0 Å². The molecule has 32 heavy (non-hydrogen) atoms. The number of nitrogens with two attached hydrogens (primary N) is 1. The van der Waals surface area contributed by atoms with Gasteiger partial charge in [-0.25, -0.2) is 4.79 Å². The van der Waals surface area contributed by atoms with Crippen molar-refractivity contribution in [2.75, 3.05) is 6.61 Å². The molecule has 1 aliphatic rings. The zero-order valence-corrected chi connectivity index (χ0v) is 18.8. The average Bonchev–Trinajstić information content (AvgIpc) is 2.78. The molecule has 1 unspecified atom stereocenters. The molecule has 6 nitrogen and oxygen atoms in total. The minimum atomic E-state index is -0.506. The van der Waals surface area contributed by atoms with Gasteiger partial charge < -0.3 is 19.9 Å². The number of halogens is 1. The maximum Gasteiger partial charge on any atom is 0.343 e. The molecule has 0 radical (unpaired) electrons. The van der Waals surface area contributed by atoms with Crippen LogP contribution in [0.4, 0.5) is 0 Å². The fraction of sp³-hybridized carbons (Fsp3) is 0.120. The summed E-state index contributed by atoms with van der Waals surface area (Å²) < 4.78 is 17.5. The Hall–Kier alpha value is -3.76. The molecule has 0 aromatic heterocycles. The third-order valence-electron chi connectivity index (χ3n) is 4.98. The van der Waals surface area contributed by atoms with Gasteiger partial charge in [0, 0.05) is 16.1 Å². The Bertz CT molecular complexity index is 1250. The van der Waals surface area contributed by atoms with E-state index >= 15 is 0 Å². The summed E-state index contributed by atoms with van der Waals surface area (Å²) >= 11 is 3.47. The van der Waals surface area contributed by atoms with Gasteiger partial charge in [-0.05, 0) is 55.0 Å². The van der Waals surface area contributed by atoms with Crippen LogP contribution in [-0.4, -0.2) is 12.6 Å². The largest absolute Gasteiger partial charge is 0.494 e. The molecule has 1 aliphatic heterocycles. The van der Waals surface area contributed by atoms with Gasteiger partial charge in [0.25, 0.3) is 0 Å². The Kier molecular flexibility index (Phi) is 6.15. The summed E-state index contributed by atoms with van der Waals surface area (Å²) in [4.78, 5) is 12.6. The van der Waals surface area contributed by atoms with Crippen LogP contribution in [0.25, 0.3) is 0 Å². The number of hydrogen-bond donors (Lipinski definition) is 1. The number of carbonyl (C=O) groups is 1. The normalized spacial score (nSPS) is 14.7. The number of allylic oxidation sites excluding steroid dienone is 1. The lowest BCUT2D eigenvalue weighted by Crippen LogP contribution is -2.21. The molecule has 0 bridgehead atoms. The molecular formula is C25H19BrN2O4. The lowest BCUT2D eigenvalue weighted by atomic mass is 9.83. The topological polar surface area (TPSA) is 94.6 Å². The third-order valence-corrected chi connectivity index (χ3v) is 5.48. The molecule has 0 fully saturated rings. The molecule has 7 heteroatoms. The summed E-state index contributed by atoms with van der Waals surface area (Å²) in [6, 6.07) is 21.6. The maximum atomic E-state index is 12.6. The number of esters is 1. The molecule has 0 saturated carbocycles. The van der Waals surface area contributed by atoms with E-state index in [9.17, 15) is 10.1 Å². The van der Waals surface area contributed by atoms with Crippen LogP contribution in [0.3, 0.4) is 0 Å². The van der Waals surface area contributed by atoms with Crippen LogP contribution in [-0.2, 0) is 0 Å². The van der Waals surface area contributed by atoms with E-state index in [0.717, 1.165) is 15.6 Å². The summed E-state index contributed by atoms with van der Waals surface area (Å²) in [6.45, 7) is 2.44. The second kappa shape index (κ2) is 9.16. The Balaban J connectivity index is 1.63. The van der Waals surface area contributed by atoms with Crippen molar-refractivity contribution < 1.29 is 19.0 Å². The SMILES string of the molecule is CCOc1ccc(C(=O)Oc2ccc3c(c2)OC(N)=C(C#N)C3c2cccc(Br)c2)cc1. The fourth-order valence-corrected chi connectivity index (χ4v) is 3.97. The van der Waals surface area contributed by atoms with Gasteiger partial charge in [0.2, 0.25) is 5.88 Å². The van der Waals surface area contributed by atoms with Crippen LogP contribution in [0.15, 0.2) is 82.7 Å². The molecule has 0 spiro atoms. The van der Waals surface area contributed by atoms with E-state index in [2.05, 4.69) is 22.0 Å². The number of nitriles is 1. The average molecular weight is 491 g/mol. The predicted molar refractivity (Wildman–Crippen MR) is 122 cm³/mol. The van der Waals surface area contributed by atoms with E-state index in [0.29, 0.717) is 35.0 Å². The quantitative estimate of drug-likeness (QED) is 0.385.